The number of rotatable bonds is 31. The second-order valence-electron chi connectivity index (χ2n) is 13.2. The first kappa shape index (κ1) is 41.5. The van der Waals surface area contributed by atoms with Gasteiger partial charge in [0.1, 0.15) is 13.2 Å². The van der Waals surface area contributed by atoms with Crippen molar-refractivity contribution in [2.45, 2.75) is 167 Å². The summed E-state index contributed by atoms with van der Waals surface area (Å²) in [5.74, 6) is -0.200. The number of phosphoric acid groups is 1. The number of phosphoric ester groups is 1. The van der Waals surface area contributed by atoms with Crippen molar-refractivity contribution in [2.24, 2.45) is 0 Å². The van der Waals surface area contributed by atoms with Gasteiger partial charge in [-0.3, -0.25) is 9.36 Å². The van der Waals surface area contributed by atoms with Crippen LogP contribution >= 0.6 is 7.82 Å². The summed E-state index contributed by atoms with van der Waals surface area (Å²) in [5, 5.41) is 13.5. The van der Waals surface area contributed by atoms with Crippen LogP contribution in [0.1, 0.15) is 155 Å². The van der Waals surface area contributed by atoms with Gasteiger partial charge in [-0.1, -0.05) is 136 Å². The van der Waals surface area contributed by atoms with Gasteiger partial charge in [0.25, 0.3) is 7.82 Å². The maximum Gasteiger partial charge on any atom is 0.268 e. The minimum atomic E-state index is -4.53. The molecule has 1 amide bonds. The predicted molar refractivity (Wildman–Crippen MR) is 173 cm³/mol. The van der Waals surface area contributed by atoms with E-state index < -0.39 is 20.0 Å². The van der Waals surface area contributed by atoms with Crippen LogP contribution in [0.4, 0.5) is 0 Å². The Bertz CT molecular complexity index is 673. The molecule has 0 aliphatic rings. The van der Waals surface area contributed by atoms with Crippen molar-refractivity contribution in [1.29, 1.82) is 0 Å². The Morgan fingerprint density at radius 3 is 1.60 bits per heavy atom. The zero-order valence-corrected chi connectivity index (χ0v) is 29.1. The smallest absolute Gasteiger partial charge is 0.268 e. The number of hydrogen-bond acceptors (Lipinski definition) is 6. The highest BCUT2D eigenvalue weighted by molar-refractivity contribution is 7.45. The summed E-state index contributed by atoms with van der Waals surface area (Å²) in [6.45, 7) is 4.47. The lowest BCUT2D eigenvalue weighted by Gasteiger charge is -2.30. The quantitative estimate of drug-likeness (QED) is 0.0468. The molecule has 9 heteroatoms. The third-order valence-electron chi connectivity index (χ3n) is 7.85. The number of hydrogen-bond donors (Lipinski definition) is 2. The molecule has 0 saturated carbocycles. The molecule has 8 nitrogen and oxygen atoms in total. The van der Waals surface area contributed by atoms with E-state index in [1.165, 1.54) is 96.3 Å². The highest BCUT2D eigenvalue weighted by Gasteiger charge is 2.24. The Labute approximate surface area is 259 Å². The average molecular weight is 621 g/mol. The normalized spacial score (nSPS) is 14.9. The maximum absolute atomic E-state index is 12.3. The van der Waals surface area contributed by atoms with Gasteiger partial charge in [0.05, 0.1) is 39.9 Å². The van der Waals surface area contributed by atoms with E-state index in [2.05, 4.69) is 12.2 Å². The summed E-state index contributed by atoms with van der Waals surface area (Å²) >= 11 is 0. The molecule has 2 N–H and O–H groups in total. The summed E-state index contributed by atoms with van der Waals surface area (Å²) in [6.07, 6.45) is 25.0. The number of nitrogens with one attached hydrogen (secondary N) is 1. The fraction of sp³-hybridized carbons (Fsp3) is 0.970. The number of amides is 1. The van der Waals surface area contributed by atoms with Gasteiger partial charge in [-0.25, -0.2) is 0 Å². The standard InChI is InChI=1S/C33H69N2O6P/c1-6-8-10-11-12-13-14-15-16-17-18-19-20-21-22-23-24-25-26-32(36)31(34-33(37)27-9-7-2)30-41-42(38,39)40-29-28-35(3,4)5/h31-32,36H,6-30H2,1-5H3,(H-,34,37,38,39). The first-order valence-electron chi connectivity index (χ1n) is 17.4. The van der Waals surface area contributed by atoms with Gasteiger partial charge in [-0.15, -0.1) is 0 Å². The number of nitrogens with zero attached hydrogens (tertiary/aromatic N) is 1. The first-order valence-corrected chi connectivity index (χ1v) is 18.8. The molecule has 3 atom stereocenters. The lowest BCUT2D eigenvalue weighted by molar-refractivity contribution is -0.870. The van der Waals surface area contributed by atoms with Crippen molar-refractivity contribution in [1.82, 2.24) is 5.32 Å². The zero-order chi connectivity index (χ0) is 31.5. The Balaban J connectivity index is 4.07. The number of carbonyl (C=O) groups excluding carboxylic acids is 1. The third kappa shape index (κ3) is 28.3. The number of quaternary nitrogens is 1. The lowest BCUT2D eigenvalue weighted by atomic mass is 10.0. The molecule has 0 aromatic carbocycles. The minimum Gasteiger partial charge on any atom is -0.756 e. The van der Waals surface area contributed by atoms with E-state index in [1.807, 2.05) is 28.1 Å². The van der Waals surface area contributed by atoms with E-state index >= 15 is 0 Å². The van der Waals surface area contributed by atoms with Crippen molar-refractivity contribution in [2.75, 3.05) is 40.9 Å². The van der Waals surface area contributed by atoms with Crippen LogP contribution in [0, 0.1) is 0 Å². The Hall–Kier alpha value is -0.500. The molecule has 3 unspecified atom stereocenters. The van der Waals surface area contributed by atoms with Gasteiger partial charge in [-0.05, 0) is 12.8 Å². The topological polar surface area (TPSA) is 108 Å². The molecule has 0 aromatic heterocycles. The van der Waals surface area contributed by atoms with E-state index in [4.69, 9.17) is 9.05 Å². The number of carbonyl (C=O) groups is 1. The minimum absolute atomic E-state index is 0.0136. The van der Waals surface area contributed by atoms with Crippen molar-refractivity contribution in [3.8, 4) is 0 Å². The van der Waals surface area contributed by atoms with E-state index in [0.717, 1.165) is 32.1 Å². The Kier molecular flexibility index (Phi) is 26.5. The number of aliphatic hydroxyl groups is 1. The highest BCUT2D eigenvalue weighted by Crippen LogP contribution is 2.38. The SMILES string of the molecule is CCCCCCCCCCCCCCCCCCCCC(O)C(COP(=O)([O-])OCC[N+](C)(C)C)NC(=O)CCCC. The molecule has 0 rings (SSSR count). The molecule has 0 aliphatic carbocycles. The fourth-order valence-corrected chi connectivity index (χ4v) is 5.68. The molecule has 0 aromatic rings. The van der Waals surface area contributed by atoms with Crippen LogP contribution < -0.4 is 10.2 Å². The molecule has 0 spiro atoms. The molecular formula is C33H69N2O6P. The van der Waals surface area contributed by atoms with Gasteiger partial charge in [0, 0.05) is 6.42 Å². The molecular weight excluding hydrogens is 551 g/mol. The van der Waals surface area contributed by atoms with Crippen LogP contribution in [0.5, 0.6) is 0 Å². The van der Waals surface area contributed by atoms with Gasteiger partial charge >= 0.3 is 0 Å². The third-order valence-corrected chi connectivity index (χ3v) is 8.81. The highest BCUT2D eigenvalue weighted by atomic mass is 31.2. The average Bonchev–Trinajstić information content (AvgIpc) is 2.92. The molecule has 0 fully saturated rings. The second-order valence-corrected chi connectivity index (χ2v) is 14.6. The molecule has 0 bridgehead atoms. The summed E-state index contributed by atoms with van der Waals surface area (Å²) in [5.41, 5.74) is 0. The molecule has 0 heterocycles. The van der Waals surface area contributed by atoms with Gasteiger partial charge in [0.15, 0.2) is 0 Å². The zero-order valence-electron chi connectivity index (χ0n) is 28.2. The molecule has 252 valence electrons. The van der Waals surface area contributed by atoms with Crippen LogP contribution in [-0.4, -0.2) is 68.5 Å². The summed E-state index contributed by atoms with van der Waals surface area (Å²) < 4.78 is 22.8. The first-order chi connectivity index (χ1) is 20.0. The van der Waals surface area contributed by atoms with Crippen LogP contribution in [0.25, 0.3) is 0 Å². The van der Waals surface area contributed by atoms with E-state index in [0.29, 0.717) is 23.9 Å². The number of unbranched alkanes of at least 4 members (excludes halogenated alkanes) is 18. The van der Waals surface area contributed by atoms with Crippen molar-refractivity contribution in [3.05, 3.63) is 0 Å². The monoisotopic (exact) mass is 620 g/mol. The Morgan fingerprint density at radius 1 is 0.738 bits per heavy atom. The van der Waals surface area contributed by atoms with Gasteiger partial charge in [0.2, 0.25) is 5.91 Å². The van der Waals surface area contributed by atoms with E-state index in [1.54, 1.807) is 0 Å². The number of likely N-dealkylation sites (N-methyl/N-ethyl adjacent to an activating group) is 1. The predicted octanol–water partition coefficient (Wildman–Crippen LogP) is 7.66. The molecule has 0 saturated heterocycles. The van der Waals surface area contributed by atoms with Gasteiger partial charge < -0.3 is 28.8 Å². The van der Waals surface area contributed by atoms with Crippen molar-refractivity contribution in [3.63, 3.8) is 0 Å². The van der Waals surface area contributed by atoms with Crippen LogP contribution in [0.15, 0.2) is 0 Å². The van der Waals surface area contributed by atoms with E-state index in [9.17, 15) is 19.4 Å². The largest absolute Gasteiger partial charge is 0.756 e. The van der Waals surface area contributed by atoms with Crippen LogP contribution in [-0.2, 0) is 18.4 Å². The summed E-state index contributed by atoms with van der Waals surface area (Å²) in [4.78, 5) is 24.5. The maximum atomic E-state index is 12.3. The van der Waals surface area contributed by atoms with Crippen molar-refractivity contribution < 1.29 is 32.9 Å². The van der Waals surface area contributed by atoms with Crippen LogP contribution in [0.3, 0.4) is 0 Å². The van der Waals surface area contributed by atoms with E-state index in [-0.39, 0.29) is 19.1 Å². The number of aliphatic hydroxyl groups excluding tert-OH is 1. The Morgan fingerprint density at radius 2 is 1.17 bits per heavy atom. The fourth-order valence-electron chi connectivity index (χ4n) is 4.96. The van der Waals surface area contributed by atoms with Crippen molar-refractivity contribution >= 4 is 13.7 Å². The summed E-state index contributed by atoms with van der Waals surface area (Å²) in [6, 6.07) is -0.788. The van der Waals surface area contributed by atoms with Crippen LogP contribution in [0.2, 0.25) is 0 Å². The second kappa shape index (κ2) is 26.9. The molecule has 42 heavy (non-hydrogen) atoms. The lowest BCUT2D eigenvalue weighted by Crippen LogP contribution is -2.46. The summed E-state index contributed by atoms with van der Waals surface area (Å²) in [7, 11) is 1.30. The molecule has 0 radical (unpaired) electrons. The van der Waals surface area contributed by atoms with Gasteiger partial charge in [-0.2, -0.15) is 0 Å². The molecule has 0 aliphatic heterocycles.